The summed E-state index contributed by atoms with van der Waals surface area (Å²) in [4.78, 5) is 39.9. The van der Waals surface area contributed by atoms with Crippen molar-refractivity contribution >= 4 is 32.7 Å². The average Bonchev–Trinajstić information content (AvgIpc) is 3.06. The fraction of sp³-hybridized carbons (Fsp3) is 0.500. The van der Waals surface area contributed by atoms with Crippen molar-refractivity contribution in [1.82, 2.24) is 25.7 Å². The number of aliphatic hydroxyl groups is 2. The van der Waals surface area contributed by atoms with E-state index in [0.717, 1.165) is 10.9 Å². The lowest BCUT2D eigenvalue weighted by atomic mass is 10.1. The van der Waals surface area contributed by atoms with Crippen LogP contribution in [0, 0.1) is 0 Å². The fourth-order valence-electron chi connectivity index (χ4n) is 2.57. The summed E-state index contributed by atoms with van der Waals surface area (Å²) in [6, 6.07) is 0. The molecule has 19 heteroatoms. The first-order valence-electron chi connectivity index (χ1n) is 7.42. The van der Waals surface area contributed by atoms with Gasteiger partial charge in [0.2, 0.25) is 5.95 Å². The zero-order valence-corrected chi connectivity index (χ0v) is 16.2. The van der Waals surface area contributed by atoms with Crippen LogP contribution in [0.5, 0.6) is 0 Å². The minimum atomic E-state index is -5.05. The molecule has 2 aromatic heterocycles. The highest BCUT2D eigenvalue weighted by molar-refractivity contribution is 7.62. The summed E-state index contributed by atoms with van der Waals surface area (Å²) in [6.45, 7) is -0.814. The maximum atomic E-state index is 11.8. The normalized spacial score (nSPS) is 28.6. The Labute approximate surface area is 161 Å². The number of ether oxygens (including phenoxy) is 1. The van der Waals surface area contributed by atoms with Gasteiger partial charge in [0.05, 0.1) is 12.9 Å². The van der Waals surface area contributed by atoms with E-state index in [9.17, 15) is 29.0 Å². The molecule has 1 fully saturated rings. The molecule has 29 heavy (non-hydrogen) atoms. The van der Waals surface area contributed by atoms with Gasteiger partial charge in [-0.05, 0) is 0 Å². The topological polar surface area (TPSA) is 293 Å². The summed E-state index contributed by atoms with van der Waals surface area (Å²) in [7, 11) is -9.87. The van der Waals surface area contributed by atoms with E-state index in [1.165, 1.54) is 0 Å². The maximum absolute atomic E-state index is 11.8. The predicted octanol–water partition coefficient (Wildman–Crippen LogP) is -2.32. The number of aromatic nitrogens is 4. The monoisotopic (exact) mass is 459 g/mol. The Kier molecular flexibility index (Phi) is 6.63. The Morgan fingerprint density at radius 2 is 1.97 bits per heavy atom. The minimum absolute atomic E-state index is 0. The zero-order chi connectivity index (χ0) is 20.9. The number of hydrogen-bond donors (Lipinski definition) is 8. The SMILES string of the molecule is N.Nc1nc2c(ncn2C2OC(COP(=O)(O)OP(N)(=O)O)C(O)C2O)c(=O)[nH]1. The van der Waals surface area contributed by atoms with E-state index in [-0.39, 0.29) is 23.3 Å². The quantitative estimate of drug-likeness (QED) is 0.210. The Hall–Kier alpha value is -1.75. The highest BCUT2D eigenvalue weighted by Gasteiger charge is 2.45. The van der Waals surface area contributed by atoms with Crippen LogP contribution in [0.2, 0.25) is 0 Å². The lowest BCUT2D eigenvalue weighted by molar-refractivity contribution is -0.0501. The van der Waals surface area contributed by atoms with Gasteiger partial charge >= 0.3 is 15.6 Å². The number of nitrogens with two attached hydrogens (primary N) is 2. The number of anilines is 1. The van der Waals surface area contributed by atoms with Gasteiger partial charge in [-0.15, -0.1) is 0 Å². The van der Waals surface area contributed by atoms with Gasteiger partial charge < -0.3 is 36.6 Å². The molecule has 0 spiro atoms. The first-order chi connectivity index (χ1) is 12.9. The van der Waals surface area contributed by atoms with E-state index in [2.05, 4.69) is 29.3 Å². The number of nitrogens with one attached hydrogen (secondary N) is 1. The number of phosphoric acid groups is 1. The van der Waals surface area contributed by atoms with Gasteiger partial charge in [-0.3, -0.25) is 18.9 Å². The summed E-state index contributed by atoms with van der Waals surface area (Å²) >= 11 is 0. The van der Waals surface area contributed by atoms with Crippen molar-refractivity contribution in [3.8, 4) is 0 Å². The van der Waals surface area contributed by atoms with E-state index in [4.69, 9.17) is 15.4 Å². The molecule has 0 amide bonds. The van der Waals surface area contributed by atoms with Crippen LogP contribution in [-0.2, 0) is 22.7 Å². The molecule has 1 aliphatic heterocycles. The van der Waals surface area contributed by atoms with Crippen LogP contribution in [0.15, 0.2) is 11.1 Å². The Balaban J connectivity index is 0.00000300. The van der Waals surface area contributed by atoms with E-state index in [1.807, 2.05) is 0 Å². The number of aliphatic hydroxyl groups excluding tert-OH is 2. The third-order valence-corrected chi connectivity index (χ3v) is 5.92. The Morgan fingerprint density at radius 1 is 1.31 bits per heavy atom. The number of fused-ring (bicyclic) bond motifs is 1. The third-order valence-electron chi connectivity index (χ3n) is 3.68. The maximum Gasteiger partial charge on any atom is 0.480 e. The summed E-state index contributed by atoms with van der Waals surface area (Å²) in [5.74, 6) is -0.222. The molecule has 0 saturated carbocycles. The standard InChI is InChI=1S/C10H16N6O10P2.H3N/c11-10-14-7-4(8(19)15-10)13-2-16(7)9-6(18)5(17)3(25-9)1-24-28(22,23)26-27(12,20)21;/h2-3,5-6,9,17-18H,1H2,(H,22,23)(H3,12,20,21)(H3,11,14,15,19);1H3. The van der Waals surface area contributed by atoms with Crippen LogP contribution in [0.4, 0.5) is 5.95 Å². The van der Waals surface area contributed by atoms with Crippen LogP contribution in [0.1, 0.15) is 6.23 Å². The number of nitrogens with zero attached hydrogens (tertiary/aromatic N) is 3. The lowest BCUT2D eigenvalue weighted by Gasteiger charge is -2.18. The van der Waals surface area contributed by atoms with E-state index < -0.39 is 52.3 Å². The second kappa shape index (κ2) is 8.17. The Morgan fingerprint density at radius 3 is 2.59 bits per heavy atom. The number of aromatic amines is 1. The summed E-state index contributed by atoms with van der Waals surface area (Å²) in [5, 5.41) is 20.3. The molecule has 0 radical (unpaired) electrons. The number of rotatable bonds is 6. The van der Waals surface area contributed by atoms with Gasteiger partial charge in [0.15, 0.2) is 17.4 Å². The van der Waals surface area contributed by atoms with Crippen molar-refractivity contribution in [2.24, 2.45) is 5.50 Å². The number of imidazole rings is 1. The van der Waals surface area contributed by atoms with Gasteiger partial charge in [-0.25, -0.2) is 19.6 Å². The summed E-state index contributed by atoms with van der Waals surface area (Å²) in [6.07, 6.45) is -4.74. The molecule has 0 aromatic carbocycles. The van der Waals surface area contributed by atoms with Crippen LogP contribution < -0.4 is 22.9 Å². The van der Waals surface area contributed by atoms with Crippen molar-refractivity contribution in [3.05, 3.63) is 16.7 Å². The van der Waals surface area contributed by atoms with E-state index >= 15 is 0 Å². The number of phosphoric ester groups is 1. The molecular weight excluding hydrogens is 440 g/mol. The molecule has 0 bridgehead atoms. The van der Waals surface area contributed by atoms with Crippen LogP contribution in [0.25, 0.3) is 11.2 Å². The number of nitrogen functional groups attached to an aromatic ring is 1. The zero-order valence-electron chi connectivity index (χ0n) is 14.4. The van der Waals surface area contributed by atoms with Gasteiger partial charge in [0.1, 0.15) is 18.3 Å². The highest BCUT2D eigenvalue weighted by Crippen LogP contribution is 2.56. The number of H-pyrrole nitrogens is 1. The molecule has 3 heterocycles. The lowest BCUT2D eigenvalue weighted by Crippen LogP contribution is -2.33. The molecule has 164 valence electrons. The van der Waals surface area contributed by atoms with Crippen molar-refractivity contribution in [2.45, 2.75) is 24.5 Å². The van der Waals surface area contributed by atoms with Crippen molar-refractivity contribution in [1.29, 1.82) is 0 Å². The Bertz CT molecular complexity index is 1040. The molecule has 6 atom stereocenters. The summed E-state index contributed by atoms with van der Waals surface area (Å²) in [5.41, 5.74) is 9.32. The van der Waals surface area contributed by atoms with Crippen LogP contribution in [0.3, 0.4) is 0 Å². The molecule has 2 aromatic rings. The minimum Gasteiger partial charge on any atom is -0.387 e. The molecule has 17 nitrogen and oxygen atoms in total. The second-order valence-electron chi connectivity index (χ2n) is 5.73. The van der Waals surface area contributed by atoms with Crippen molar-refractivity contribution in [3.63, 3.8) is 0 Å². The molecule has 1 aliphatic rings. The number of hydrogen-bond acceptors (Lipinski definition) is 12. The molecule has 12 N–H and O–H groups in total. The van der Waals surface area contributed by atoms with Crippen molar-refractivity contribution < 1.29 is 42.7 Å². The highest BCUT2D eigenvalue weighted by atomic mass is 31.3. The van der Waals surface area contributed by atoms with E-state index in [1.54, 1.807) is 0 Å². The predicted molar refractivity (Wildman–Crippen MR) is 94.4 cm³/mol. The largest absolute Gasteiger partial charge is 0.480 e. The second-order valence-corrected chi connectivity index (χ2v) is 8.71. The first-order valence-corrected chi connectivity index (χ1v) is 10.6. The average molecular weight is 459 g/mol. The van der Waals surface area contributed by atoms with Crippen molar-refractivity contribution in [2.75, 3.05) is 12.3 Å². The van der Waals surface area contributed by atoms with Gasteiger partial charge in [-0.2, -0.15) is 9.29 Å². The molecule has 0 aliphatic carbocycles. The molecule has 1 saturated heterocycles. The summed E-state index contributed by atoms with van der Waals surface area (Å²) < 4.78 is 37.2. The molecule has 6 unspecified atom stereocenters. The first kappa shape index (κ1) is 23.5. The molecule has 3 rings (SSSR count). The smallest absolute Gasteiger partial charge is 0.387 e. The van der Waals surface area contributed by atoms with Gasteiger partial charge in [0.25, 0.3) is 5.56 Å². The van der Waals surface area contributed by atoms with Crippen LogP contribution in [-0.4, -0.2) is 64.4 Å². The van der Waals surface area contributed by atoms with Crippen LogP contribution >= 0.6 is 15.6 Å². The van der Waals surface area contributed by atoms with E-state index in [0.29, 0.717) is 0 Å². The van der Waals surface area contributed by atoms with Gasteiger partial charge in [0, 0.05) is 0 Å². The van der Waals surface area contributed by atoms with Gasteiger partial charge in [-0.1, -0.05) is 0 Å². The third kappa shape index (κ3) is 5.06. The fourth-order valence-corrected chi connectivity index (χ4v) is 4.27. The molecular formula is C10H19N7O10P2.